The molecule has 0 radical (unpaired) electrons. The normalized spacial score (nSPS) is 11.2. The van der Waals surface area contributed by atoms with Crippen molar-refractivity contribution >= 4 is 31.1 Å². The molecule has 0 fully saturated rings. The molecule has 0 saturated heterocycles. The van der Waals surface area contributed by atoms with E-state index in [-0.39, 0.29) is 5.96 Å². The highest BCUT2D eigenvalue weighted by atomic mass is 15.4. The second kappa shape index (κ2) is 9.04. The first-order chi connectivity index (χ1) is 6.81. The van der Waals surface area contributed by atoms with Crippen LogP contribution in [0.4, 0.5) is 0 Å². The maximum atomic E-state index is 7.25. The number of nitrogens with one attached hydrogen (secondary N) is 4. The van der Waals surface area contributed by atoms with Gasteiger partial charge in [-0.2, -0.15) is 5.10 Å². The van der Waals surface area contributed by atoms with Crippen LogP contribution in [0.25, 0.3) is 0 Å². The largest absolute Gasteiger partial charge is 0.350 e. The Morgan fingerprint density at radius 3 is 2.86 bits per heavy atom. The van der Waals surface area contributed by atoms with Gasteiger partial charge in [0, 0.05) is 12.4 Å². The summed E-state index contributed by atoms with van der Waals surface area (Å²) in [5, 5.41) is 20.1. The van der Waals surface area contributed by atoms with Crippen LogP contribution in [0.1, 0.15) is 6.92 Å². The van der Waals surface area contributed by atoms with E-state index in [9.17, 15) is 0 Å². The van der Waals surface area contributed by atoms with E-state index in [2.05, 4.69) is 25.8 Å². The van der Waals surface area contributed by atoms with Gasteiger partial charge in [0.15, 0.2) is 0 Å². The Kier molecular flexibility index (Phi) is 7.72. The zero-order valence-corrected chi connectivity index (χ0v) is 7.86. The van der Waals surface area contributed by atoms with Gasteiger partial charge in [-0.05, 0) is 6.92 Å². The monoisotopic (exact) mass is 195 g/mol. The maximum absolute atomic E-state index is 7.25. The lowest BCUT2D eigenvalue weighted by Crippen LogP contribution is -2.34. The number of hydrazone groups is 1. The van der Waals surface area contributed by atoms with E-state index >= 15 is 0 Å². The minimum Gasteiger partial charge on any atom is -0.350 e. The van der Waals surface area contributed by atoms with Crippen molar-refractivity contribution in [2.24, 2.45) is 15.1 Å². The summed E-state index contributed by atoms with van der Waals surface area (Å²) in [6.45, 7) is 2.14. The average molecular weight is 195 g/mol. The highest BCUT2D eigenvalue weighted by molar-refractivity contribution is 5.81. The first-order valence-corrected chi connectivity index (χ1v) is 3.89. The number of rotatable bonds is 5. The number of hydrogen-bond donors (Lipinski definition) is 4. The second-order valence-electron chi connectivity index (χ2n) is 1.98. The predicted octanol–water partition coefficient (Wildman–Crippen LogP) is -0.188. The van der Waals surface area contributed by atoms with Crippen molar-refractivity contribution < 1.29 is 0 Å². The molecule has 0 amide bonds. The minimum atomic E-state index is 0.0454. The summed E-state index contributed by atoms with van der Waals surface area (Å²) in [5.41, 5.74) is 2.40. The highest BCUT2D eigenvalue weighted by Crippen LogP contribution is 1.63. The molecule has 0 aromatic rings. The summed E-state index contributed by atoms with van der Waals surface area (Å²) in [7, 11) is 0. The van der Waals surface area contributed by atoms with Gasteiger partial charge in [0.05, 0.1) is 6.54 Å². The summed E-state index contributed by atoms with van der Waals surface area (Å²) < 4.78 is 0. The van der Waals surface area contributed by atoms with Gasteiger partial charge in [-0.15, -0.1) is 0 Å². The third kappa shape index (κ3) is 8.05. The molecule has 0 aliphatic rings. The van der Waals surface area contributed by atoms with E-state index in [0.717, 1.165) is 6.34 Å². The Balaban J connectivity index is 3.55. The molecule has 0 aromatic carbocycles. The highest BCUT2D eigenvalue weighted by Gasteiger charge is 1.87. The SMILES string of the molecule is C/C=N\C=N/NC(=N)NC/C=N\C=N. The van der Waals surface area contributed by atoms with E-state index < -0.39 is 0 Å². The standard InChI is InChI=1S/C7H13N7/c1-2-10-6-13-14-7(9)12-4-3-11-5-8/h2-3,5-6,8H,4H2,1H3,(H3,9,12,14)/b8-5?,10-2-,11-3-,13-6-. The first kappa shape index (κ1) is 11.9. The fourth-order valence-corrected chi connectivity index (χ4v) is 0.486. The van der Waals surface area contributed by atoms with E-state index in [1.807, 2.05) is 0 Å². The van der Waals surface area contributed by atoms with Gasteiger partial charge in [-0.1, -0.05) is 0 Å². The first-order valence-electron chi connectivity index (χ1n) is 3.89. The number of nitrogens with zero attached hydrogens (tertiary/aromatic N) is 3. The molecular formula is C7H13N7. The van der Waals surface area contributed by atoms with Crippen molar-refractivity contribution in [1.82, 2.24) is 10.7 Å². The quantitative estimate of drug-likeness (QED) is 0.277. The zero-order valence-electron chi connectivity index (χ0n) is 7.86. The van der Waals surface area contributed by atoms with E-state index in [4.69, 9.17) is 10.8 Å². The Labute approximate surface area is 82.1 Å². The van der Waals surface area contributed by atoms with Crippen LogP contribution in [0.5, 0.6) is 0 Å². The van der Waals surface area contributed by atoms with Crippen molar-refractivity contribution in [1.29, 1.82) is 10.8 Å². The topological polar surface area (TPSA) is 109 Å². The second-order valence-corrected chi connectivity index (χ2v) is 1.98. The van der Waals surface area contributed by atoms with Gasteiger partial charge >= 0.3 is 0 Å². The Morgan fingerprint density at radius 1 is 1.43 bits per heavy atom. The van der Waals surface area contributed by atoms with Crippen LogP contribution in [0.3, 0.4) is 0 Å². The molecule has 0 saturated carbocycles. The van der Waals surface area contributed by atoms with E-state index in [0.29, 0.717) is 6.54 Å². The molecule has 76 valence electrons. The summed E-state index contributed by atoms with van der Waals surface area (Å²) in [5.74, 6) is 0.0454. The minimum absolute atomic E-state index is 0.0454. The van der Waals surface area contributed by atoms with Crippen LogP contribution < -0.4 is 10.7 Å². The summed E-state index contributed by atoms with van der Waals surface area (Å²) in [6, 6.07) is 0. The molecule has 0 aromatic heterocycles. The Morgan fingerprint density at radius 2 is 2.21 bits per heavy atom. The third-order valence-corrected chi connectivity index (χ3v) is 1.000. The Bertz CT molecular complexity index is 253. The molecule has 0 spiro atoms. The molecule has 0 rings (SSSR count). The summed E-state index contributed by atoms with van der Waals surface area (Å²) in [4.78, 5) is 7.21. The predicted molar refractivity (Wildman–Crippen MR) is 58.8 cm³/mol. The summed E-state index contributed by atoms with van der Waals surface area (Å²) in [6.07, 6.45) is 5.27. The molecule has 0 aliphatic carbocycles. The molecule has 0 unspecified atom stereocenters. The maximum Gasteiger partial charge on any atom is 0.209 e. The van der Waals surface area contributed by atoms with Gasteiger partial charge in [-0.3, -0.25) is 10.8 Å². The molecule has 0 aliphatic heterocycles. The summed E-state index contributed by atoms with van der Waals surface area (Å²) >= 11 is 0. The lowest BCUT2D eigenvalue weighted by Gasteiger charge is -2.01. The van der Waals surface area contributed by atoms with Crippen LogP contribution in [0, 0.1) is 10.8 Å². The molecule has 0 heterocycles. The van der Waals surface area contributed by atoms with Crippen molar-refractivity contribution in [3.8, 4) is 0 Å². The fourth-order valence-electron chi connectivity index (χ4n) is 0.486. The number of guanidine groups is 1. The average Bonchev–Trinajstić information content (AvgIpc) is 2.19. The lowest BCUT2D eigenvalue weighted by atomic mass is 10.7. The molecule has 14 heavy (non-hydrogen) atoms. The van der Waals surface area contributed by atoms with Crippen molar-refractivity contribution in [2.45, 2.75) is 6.92 Å². The van der Waals surface area contributed by atoms with E-state index in [1.165, 1.54) is 12.6 Å². The van der Waals surface area contributed by atoms with Gasteiger partial charge < -0.3 is 5.32 Å². The van der Waals surface area contributed by atoms with Crippen LogP contribution in [0.2, 0.25) is 0 Å². The number of aliphatic imine (C=N–C) groups is 2. The number of hydrogen-bond acceptors (Lipinski definition) is 3. The van der Waals surface area contributed by atoms with Crippen LogP contribution in [-0.4, -0.2) is 37.6 Å². The Hall–Kier alpha value is -2.05. The van der Waals surface area contributed by atoms with Crippen LogP contribution in [0.15, 0.2) is 15.1 Å². The van der Waals surface area contributed by atoms with Gasteiger partial charge in [0.2, 0.25) is 5.96 Å². The lowest BCUT2D eigenvalue weighted by molar-refractivity contribution is 0.914. The van der Waals surface area contributed by atoms with Crippen LogP contribution in [-0.2, 0) is 0 Å². The molecular weight excluding hydrogens is 182 g/mol. The smallest absolute Gasteiger partial charge is 0.209 e. The van der Waals surface area contributed by atoms with Gasteiger partial charge in [-0.25, -0.2) is 15.4 Å². The van der Waals surface area contributed by atoms with Gasteiger partial charge in [0.25, 0.3) is 0 Å². The van der Waals surface area contributed by atoms with Crippen LogP contribution >= 0.6 is 0 Å². The van der Waals surface area contributed by atoms with Crippen molar-refractivity contribution in [3.63, 3.8) is 0 Å². The molecule has 7 heteroatoms. The van der Waals surface area contributed by atoms with E-state index in [1.54, 1.807) is 13.1 Å². The molecule has 4 N–H and O–H groups in total. The zero-order chi connectivity index (χ0) is 10.6. The van der Waals surface area contributed by atoms with Crippen molar-refractivity contribution in [3.05, 3.63) is 0 Å². The van der Waals surface area contributed by atoms with Gasteiger partial charge in [0.1, 0.15) is 12.7 Å². The third-order valence-electron chi connectivity index (χ3n) is 1.000. The molecule has 0 bridgehead atoms. The molecule has 7 nitrogen and oxygen atoms in total. The fraction of sp³-hybridized carbons (Fsp3) is 0.286. The van der Waals surface area contributed by atoms with Crippen molar-refractivity contribution in [2.75, 3.05) is 6.54 Å². The molecule has 0 atom stereocenters.